The number of amides is 1. The topological polar surface area (TPSA) is 71.4 Å². The second-order valence-corrected chi connectivity index (χ2v) is 9.12. The Bertz CT molecular complexity index is 1380. The number of pyridine rings is 1. The molecule has 2 aromatic carbocycles. The van der Waals surface area contributed by atoms with Gasteiger partial charge in [-0.25, -0.2) is 0 Å². The van der Waals surface area contributed by atoms with E-state index < -0.39 is 0 Å². The molecule has 3 heterocycles. The zero-order chi connectivity index (χ0) is 25.1. The maximum atomic E-state index is 12.0. The van der Waals surface area contributed by atoms with Crippen LogP contribution in [0.2, 0.25) is 5.02 Å². The zero-order valence-electron chi connectivity index (χ0n) is 19.5. The third kappa shape index (κ3) is 4.83. The van der Waals surface area contributed by atoms with Crippen molar-refractivity contribution in [2.45, 2.75) is 12.1 Å². The summed E-state index contributed by atoms with van der Waals surface area (Å²) >= 11 is 12.4. The Kier molecular flexibility index (Phi) is 6.99. The minimum atomic E-state index is -0.277. The van der Waals surface area contributed by atoms with E-state index in [4.69, 9.17) is 28.6 Å². The molecular weight excluding hydrogens is 494 g/mol. The lowest BCUT2D eigenvalue weighted by atomic mass is 9.98. The second-order valence-electron chi connectivity index (χ2n) is 8.33. The number of methoxy groups -OCH3 is 1. The number of carbonyl (C=O) groups is 1. The molecule has 1 aliphatic rings. The summed E-state index contributed by atoms with van der Waals surface area (Å²) in [6, 6.07) is 23.2. The van der Waals surface area contributed by atoms with Gasteiger partial charge in [-0.15, -0.1) is 0 Å². The molecule has 9 heteroatoms. The molecule has 2 aromatic heterocycles. The van der Waals surface area contributed by atoms with Crippen LogP contribution in [-0.2, 0) is 9.53 Å². The highest BCUT2D eigenvalue weighted by molar-refractivity contribution is 7.80. The number of thiocarbonyl (C=S) groups is 1. The first-order valence-corrected chi connectivity index (χ1v) is 12.2. The molecule has 36 heavy (non-hydrogen) atoms. The number of halogens is 1. The number of carbonyl (C=O) groups excluding carboxylic acids is 1. The fourth-order valence-electron chi connectivity index (χ4n) is 4.39. The quantitative estimate of drug-likeness (QED) is 0.325. The van der Waals surface area contributed by atoms with Gasteiger partial charge in [0.1, 0.15) is 6.61 Å². The van der Waals surface area contributed by atoms with Gasteiger partial charge in [-0.3, -0.25) is 9.78 Å². The maximum absolute atomic E-state index is 12.0. The standard InChI is InChI=1S/C27H24ClN5O2S/c1-35-17-24(34)30-22-11-10-20(15-21(22)28)33-26(25(31-27(33)36)23-9-5-6-13-29-23)18-12-14-32(16-18)19-7-3-2-4-8-19/h2-16,25-26H,17H2,1H3,(H,30,34)(H,31,36)/t25-,26+/m1/s1. The second kappa shape index (κ2) is 10.5. The molecule has 0 bridgehead atoms. The molecule has 0 aliphatic carbocycles. The lowest BCUT2D eigenvalue weighted by Gasteiger charge is -2.27. The van der Waals surface area contributed by atoms with Crippen LogP contribution in [0.4, 0.5) is 11.4 Å². The van der Waals surface area contributed by atoms with Crippen LogP contribution in [0.5, 0.6) is 0 Å². The average Bonchev–Trinajstić information content (AvgIpc) is 3.51. The Morgan fingerprint density at radius 2 is 1.92 bits per heavy atom. The van der Waals surface area contributed by atoms with Gasteiger partial charge < -0.3 is 24.8 Å². The molecule has 1 aliphatic heterocycles. The first kappa shape index (κ1) is 24.0. The molecule has 2 atom stereocenters. The Labute approximate surface area is 219 Å². The molecular formula is C27H24ClN5O2S. The van der Waals surface area contributed by atoms with Gasteiger partial charge in [0.2, 0.25) is 5.91 Å². The Morgan fingerprint density at radius 3 is 2.64 bits per heavy atom. The summed E-state index contributed by atoms with van der Waals surface area (Å²) in [6.45, 7) is -0.0511. The number of hydrogen-bond donors (Lipinski definition) is 2. The summed E-state index contributed by atoms with van der Waals surface area (Å²) in [7, 11) is 1.47. The van der Waals surface area contributed by atoms with Crippen molar-refractivity contribution in [2.24, 2.45) is 0 Å². The maximum Gasteiger partial charge on any atom is 0.250 e. The highest BCUT2D eigenvalue weighted by Crippen LogP contribution is 2.43. The van der Waals surface area contributed by atoms with Gasteiger partial charge in [-0.05, 0) is 66.3 Å². The van der Waals surface area contributed by atoms with Crippen LogP contribution in [-0.4, -0.2) is 34.3 Å². The SMILES string of the molecule is COCC(=O)Nc1ccc(N2C(=S)N[C@H](c3ccccn3)[C@@H]2c2ccn(-c3ccccc3)c2)cc1Cl. The molecule has 1 fully saturated rings. The van der Waals surface area contributed by atoms with Crippen LogP contribution in [0.3, 0.4) is 0 Å². The zero-order valence-corrected chi connectivity index (χ0v) is 21.0. The molecule has 0 unspecified atom stereocenters. The van der Waals surface area contributed by atoms with Gasteiger partial charge >= 0.3 is 0 Å². The van der Waals surface area contributed by atoms with Crippen molar-refractivity contribution in [3.8, 4) is 5.69 Å². The fraction of sp³-hybridized carbons (Fsp3) is 0.148. The van der Waals surface area contributed by atoms with E-state index in [1.807, 2.05) is 53.6 Å². The summed E-state index contributed by atoms with van der Waals surface area (Å²) in [4.78, 5) is 18.6. The number of benzene rings is 2. The van der Waals surface area contributed by atoms with E-state index in [1.54, 1.807) is 18.3 Å². The van der Waals surface area contributed by atoms with Crippen LogP contribution in [0.15, 0.2) is 91.4 Å². The van der Waals surface area contributed by atoms with E-state index >= 15 is 0 Å². The van der Waals surface area contributed by atoms with Gasteiger partial charge in [0.15, 0.2) is 5.11 Å². The molecule has 7 nitrogen and oxygen atoms in total. The van der Waals surface area contributed by atoms with Crippen molar-refractivity contribution in [1.29, 1.82) is 0 Å². The first-order chi connectivity index (χ1) is 17.5. The van der Waals surface area contributed by atoms with Crippen LogP contribution in [0, 0.1) is 0 Å². The number of nitrogens with one attached hydrogen (secondary N) is 2. The van der Waals surface area contributed by atoms with Gasteiger partial charge in [0.05, 0.1) is 28.5 Å². The molecule has 0 spiro atoms. The van der Waals surface area contributed by atoms with E-state index in [-0.39, 0.29) is 24.6 Å². The van der Waals surface area contributed by atoms with Crippen LogP contribution in [0.1, 0.15) is 23.3 Å². The molecule has 1 saturated heterocycles. The number of ether oxygens (including phenoxy) is 1. The number of nitrogens with zero attached hydrogens (tertiary/aromatic N) is 3. The van der Waals surface area contributed by atoms with Crippen LogP contribution < -0.4 is 15.5 Å². The number of anilines is 2. The van der Waals surface area contributed by atoms with E-state index in [0.717, 1.165) is 22.6 Å². The van der Waals surface area contributed by atoms with Crippen molar-refractivity contribution in [1.82, 2.24) is 14.9 Å². The normalized spacial score (nSPS) is 17.2. The number of aromatic nitrogens is 2. The summed E-state index contributed by atoms with van der Waals surface area (Å²) in [5, 5.41) is 7.19. The van der Waals surface area contributed by atoms with Crippen molar-refractivity contribution in [3.63, 3.8) is 0 Å². The van der Waals surface area contributed by atoms with Crippen LogP contribution in [0.25, 0.3) is 5.69 Å². The van der Waals surface area contributed by atoms with Crippen molar-refractivity contribution >= 4 is 46.2 Å². The summed E-state index contributed by atoms with van der Waals surface area (Å²) in [5.41, 5.74) is 4.33. The van der Waals surface area contributed by atoms with Crippen LogP contribution >= 0.6 is 23.8 Å². The minimum absolute atomic E-state index is 0.0511. The monoisotopic (exact) mass is 517 g/mol. The van der Waals surface area contributed by atoms with Crippen molar-refractivity contribution < 1.29 is 9.53 Å². The summed E-state index contributed by atoms with van der Waals surface area (Å²) < 4.78 is 6.98. The first-order valence-electron chi connectivity index (χ1n) is 11.4. The highest BCUT2D eigenvalue weighted by atomic mass is 35.5. The predicted molar refractivity (Wildman–Crippen MR) is 146 cm³/mol. The summed E-state index contributed by atoms with van der Waals surface area (Å²) in [5.74, 6) is -0.277. The van der Waals surface area contributed by atoms with Gasteiger partial charge in [0.25, 0.3) is 0 Å². The van der Waals surface area contributed by atoms with Gasteiger partial charge in [-0.1, -0.05) is 35.9 Å². The largest absolute Gasteiger partial charge is 0.375 e. The lowest BCUT2D eigenvalue weighted by molar-refractivity contribution is -0.119. The molecule has 182 valence electrons. The van der Waals surface area contributed by atoms with E-state index in [0.29, 0.717) is 15.8 Å². The lowest BCUT2D eigenvalue weighted by Crippen LogP contribution is -2.29. The van der Waals surface area contributed by atoms with Crippen molar-refractivity contribution in [2.75, 3.05) is 23.9 Å². The van der Waals surface area contributed by atoms with E-state index in [1.165, 1.54) is 7.11 Å². The van der Waals surface area contributed by atoms with E-state index in [2.05, 4.69) is 44.6 Å². The number of rotatable bonds is 7. The highest BCUT2D eigenvalue weighted by Gasteiger charge is 2.41. The third-order valence-electron chi connectivity index (χ3n) is 5.99. The van der Waals surface area contributed by atoms with Gasteiger partial charge in [0, 0.05) is 37.1 Å². The molecule has 2 N–H and O–H groups in total. The Morgan fingerprint density at radius 1 is 1.11 bits per heavy atom. The minimum Gasteiger partial charge on any atom is -0.375 e. The predicted octanol–water partition coefficient (Wildman–Crippen LogP) is 5.29. The van der Waals surface area contributed by atoms with Crippen molar-refractivity contribution in [3.05, 3.63) is 108 Å². The molecule has 1 amide bonds. The summed E-state index contributed by atoms with van der Waals surface area (Å²) in [6.07, 6.45) is 5.93. The van der Waals surface area contributed by atoms with Gasteiger partial charge in [-0.2, -0.15) is 0 Å². The Balaban J connectivity index is 1.53. The smallest absolute Gasteiger partial charge is 0.250 e. The Hall–Kier alpha value is -3.72. The number of para-hydroxylation sites is 1. The fourth-order valence-corrected chi connectivity index (χ4v) is 4.96. The molecule has 5 rings (SSSR count). The van der Waals surface area contributed by atoms with E-state index in [9.17, 15) is 4.79 Å². The third-order valence-corrected chi connectivity index (χ3v) is 6.62. The molecule has 0 radical (unpaired) electrons. The number of hydrogen-bond acceptors (Lipinski definition) is 4. The average molecular weight is 518 g/mol. The molecule has 4 aromatic rings. The molecule has 0 saturated carbocycles.